The number of carbonyl (C=O) groups is 1. The van der Waals surface area contributed by atoms with Gasteiger partial charge in [-0.25, -0.2) is 8.78 Å². The molecular weight excluding hydrogens is 278 g/mol. The minimum atomic E-state index is -1.37. The number of benzene rings is 2. The van der Waals surface area contributed by atoms with E-state index in [2.05, 4.69) is 5.32 Å². The zero-order chi connectivity index (χ0) is 15.1. The SMILES string of the molecule is CN(c1ccccc1F)c1cc2c(cc1F)C(O)C(=O)N2. The summed E-state index contributed by atoms with van der Waals surface area (Å²) in [7, 11) is 1.52. The molecule has 0 saturated heterocycles. The maximum Gasteiger partial charge on any atom is 0.257 e. The van der Waals surface area contributed by atoms with Gasteiger partial charge in [0.2, 0.25) is 0 Å². The summed E-state index contributed by atoms with van der Waals surface area (Å²) >= 11 is 0. The number of fused-ring (bicyclic) bond motifs is 1. The highest BCUT2D eigenvalue weighted by molar-refractivity contribution is 6.02. The first-order valence-corrected chi connectivity index (χ1v) is 6.29. The van der Waals surface area contributed by atoms with Gasteiger partial charge in [0.25, 0.3) is 5.91 Å². The predicted octanol–water partition coefficient (Wildman–Crippen LogP) is 2.72. The maximum atomic E-state index is 14.2. The third kappa shape index (κ3) is 2.13. The molecule has 1 aliphatic rings. The first kappa shape index (κ1) is 13.5. The third-order valence-corrected chi connectivity index (χ3v) is 3.49. The number of hydrogen-bond donors (Lipinski definition) is 2. The lowest BCUT2D eigenvalue weighted by Gasteiger charge is -2.21. The summed E-state index contributed by atoms with van der Waals surface area (Å²) in [4.78, 5) is 12.7. The summed E-state index contributed by atoms with van der Waals surface area (Å²) in [5.41, 5.74) is 0.824. The van der Waals surface area contributed by atoms with Gasteiger partial charge in [-0.1, -0.05) is 12.1 Å². The van der Waals surface area contributed by atoms with Gasteiger partial charge in [0.05, 0.1) is 11.4 Å². The van der Waals surface area contributed by atoms with Gasteiger partial charge in [0, 0.05) is 18.3 Å². The smallest absolute Gasteiger partial charge is 0.257 e. The second-order valence-corrected chi connectivity index (χ2v) is 4.79. The quantitative estimate of drug-likeness (QED) is 0.894. The number of carbonyl (C=O) groups excluding carboxylic acids is 1. The molecule has 0 aliphatic carbocycles. The monoisotopic (exact) mass is 290 g/mol. The molecule has 1 aliphatic heterocycles. The van der Waals surface area contributed by atoms with Crippen LogP contribution in [-0.4, -0.2) is 18.1 Å². The van der Waals surface area contributed by atoms with Crippen molar-refractivity contribution in [3.63, 3.8) is 0 Å². The van der Waals surface area contributed by atoms with E-state index in [1.807, 2.05) is 0 Å². The molecule has 0 saturated carbocycles. The molecule has 1 atom stereocenters. The van der Waals surface area contributed by atoms with E-state index in [0.717, 1.165) is 6.07 Å². The number of rotatable bonds is 2. The van der Waals surface area contributed by atoms with E-state index in [9.17, 15) is 18.7 Å². The van der Waals surface area contributed by atoms with Crippen LogP contribution in [0.25, 0.3) is 0 Å². The van der Waals surface area contributed by atoms with Crippen LogP contribution in [0.3, 0.4) is 0 Å². The molecular formula is C15H12F2N2O2. The van der Waals surface area contributed by atoms with Crippen LogP contribution in [0.4, 0.5) is 25.8 Å². The largest absolute Gasteiger partial charge is 0.378 e. The van der Waals surface area contributed by atoms with Crippen molar-refractivity contribution < 1.29 is 18.7 Å². The molecule has 2 aromatic carbocycles. The molecule has 2 N–H and O–H groups in total. The molecule has 0 aromatic heterocycles. The van der Waals surface area contributed by atoms with Crippen molar-refractivity contribution in [3.05, 3.63) is 53.6 Å². The lowest BCUT2D eigenvalue weighted by molar-refractivity contribution is -0.123. The number of halogens is 2. The van der Waals surface area contributed by atoms with Crippen molar-refractivity contribution in [2.45, 2.75) is 6.10 Å². The summed E-state index contributed by atoms with van der Waals surface area (Å²) in [6, 6.07) is 8.46. The molecule has 0 radical (unpaired) electrons. The van der Waals surface area contributed by atoms with E-state index < -0.39 is 23.6 Å². The number of para-hydroxylation sites is 1. The van der Waals surface area contributed by atoms with Gasteiger partial charge >= 0.3 is 0 Å². The number of nitrogens with zero attached hydrogens (tertiary/aromatic N) is 1. The van der Waals surface area contributed by atoms with Gasteiger partial charge in [0.1, 0.15) is 11.6 Å². The van der Waals surface area contributed by atoms with Gasteiger partial charge in [-0.15, -0.1) is 0 Å². The van der Waals surface area contributed by atoms with Crippen molar-refractivity contribution in [2.75, 3.05) is 17.3 Å². The fraction of sp³-hybridized carbons (Fsp3) is 0.133. The second kappa shape index (κ2) is 4.82. The lowest BCUT2D eigenvalue weighted by atomic mass is 10.1. The summed E-state index contributed by atoms with van der Waals surface area (Å²) in [6.07, 6.45) is -1.37. The standard InChI is InChI=1S/C15H12F2N2O2/c1-19(12-5-3-2-4-9(12)16)13-7-11-8(6-10(13)17)14(20)15(21)18-11/h2-7,14,20H,1H3,(H,18,21). The Bertz CT molecular complexity index is 734. The van der Waals surface area contributed by atoms with Gasteiger partial charge < -0.3 is 15.3 Å². The third-order valence-electron chi connectivity index (χ3n) is 3.49. The number of anilines is 3. The van der Waals surface area contributed by atoms with Crippen LogP contribution in [-0.2, 0) is 4.79 Å². The Morgan fingerprint density at radius 2 is 1.86 bits per heavy atom. The zero-order valence-electron chi connectivity index (χ0n) is 11.1. The lowest BCUT2D eigenvalue weighted by Crippen LogP contribution is -2.13. The normalized spacial score (nSPS) is 16.6. The number of aliphatic hydroxyl groups excluding tert-OH is 1. The topological polar surface area (TPSA) is 52.6 Å². The molecule has 0 bridgehead atoms. The van der Waals surface area contributed by atoms with Gasteiger partial charge in [-0.3, -0.25) is 4.79 Å². The van der Waals surface area contributed by atoms with Crippen molar-refractivity contribution in [1.82, 2.24) is 0 Å². The maximum absolute atomic E-state index is 14.2. The Hall–Kier alpha value is -2.47. The predicted molar refractivity (Wildman–Crippen MR) is 74.5 cm³/mol. The summed E-state index contributed by atoms with van der Waals surface area (Å²) < 4.78 is 28.0. The van der Waals surface area contributed by atoms with E-state index in [0.29, 0.717) is 5.69 Å². The average Bonchev–Trinajstić information content (AvgIpc) is 2.73. The Morgan fingerprint density at radius 1 is 1.14 bits per heavy atom. The Morgan fingerprint density at radius 3 is 2.57 bits per heavy atom. The van der Waals surface area contributed by atoms with Crippen LogP contribution in [0, 0.1) is 11.6 Å². The first-order valence-electron chi connectivity index (χ1n) is 6.29. The molecule has 0 fully saturated rings. The number of nitrogens with one attached hydrogen (secondary N) is 1. The molecule has 1 heterocycles. The van der Waals surface area contributed by atoms with E-state index in [-0.39, 0.29) is 16.9 Å². The van der Waals surface area contributed by atoms with Gasteiger partial charge in [-0.05, 0) is 24.3 Å². The van der Waals surface area contributed by atoms with Crippen molar-refractivity contribution in [3.8, 4) is 0 Å². The Balaban J connectivity index is 2.07. The molecule has 2 aromatic rings. The van der Waals surface area contributed by atoms with Crippen molar-refractivity contribution in [2.24, 2.45) is 0 Å². The van der Waals surface area contributed by atoms with Crippen LogP contribution >= 0.6 is 0 Å². The van der Waals surface area contributed by atoms with Crippen LogP contribution in [0.5, 0.6) is 0 Å². The summed E-state index contributed by atoms with van der Waals surface area (Å²) in [5, 5.41) is 12.1. The second-order valence-electron chi connectivity index (χ2n) is 4.79. The molecule has 21 heavy (non-hydrogen) atoms. The first-order chi connectivity index (χ1) is 9.99. The van der Waals surface area contributed by atoms with Crippen LogP contribution in [0.1, 0.15) is 11.7 Å². The number of amides is 1. The van der Waals surface area contributed by atoms with Crippen LogP contribution in [0.2, 0.25) is 0 Å². The van der Waals surface area contributed by atoms with E-state index >= 15 is 0 Å². The average molecular weight is 290 g/mol. The molecule has 0 spiro atoms. The molecule has 1 amide bonds. The minimum absolute atomic E-state index is 0.105. The van der Waals surface area contributed by atoms with Crippen molar-refractivity contribution in [1.29, 1.82) is 0 Å². The highest BCUT2D eigenvalue weighted by Gasteiger charge is 2.30. The molecule has 3 rings (SSSR count). The summed E-state index contributed by atoms with van der Waals surface area (Å²) in [5.74, 6) is -1.73. The molecule has 4 nitrogen and oxygen atoms in total. The fourth-order valence-corrected chi connectivity index (χ4v) is 2.36. The van der Waals surface area contributed by atoms with E-state index in [4.69, 9.17) is 0 Å². The van der Waals surface area contributed by atoms with E-state index in [1.54, 1.807) is 12.1 Å². The molecule has 6 heteroatoms. The highest BCUT2D eigenvalue weighted by Crippen LogP contribution is 2.37. The Labute approximate surface area is 119 Å². The number of hydrogen-bond acceptors (Lipinski definition) is 3. The highest BCUT2D eigenvalue weighted by atomic mass is 19.1. The molecule has 1 unspecified atom stereocenters. The summed E-state index contributed by atoms with van der Waals surface area (Å²) in [6.45, 7) is 0. The van der Waals surface area contributed by atoms with Gasteiger partial charge in [0.15, 0.2) is 6.10 Å². The van der Waals surface area contributed by atoms with Crippen LogP contribution in [0.15, 0.2) is 36.4 Å². The zero-order valence-corrected chi connectivity index (χ0v) is 11.1. The molecule has 108 valence electrons. The Kier molecular flexibility index (Phi) is 3.10. The number of aliphatic hydroxyl groups is 1. The van der Waals surface area contributed by atoms with Crippen molar-refractivity contribution >= 4 is 23.0 Å². The van der Waals surface area contributed by atoms with Crippen LogP contribution < -0.4 is 10.2 Å². The van der Waals surface area contributed by atoms with Gasteiger partial charge in [-0.2, -0.15) is 0 Å². The minimum Gasteiger partial charge on any atom is -0.378 e. The van der Waals surface area contributed by atoms with E-state index in [1.165, 1.54) is 30.1 Å². The fourth-order valence-electron chi connectivity index (χ4n) is 2.36.